The molecule has 1 atom stereocenters. The van der Waals surface area contributed by atoms with Gasteiger partial charge in [0.1, 0.15) is 0 Å². The first-order valence-electron chi connectivity index (χ1n) is 6.42. The van der Waals surface area contributed by atoms with Crippen LogP contribution in [0.2, 0.25) is 0 Å². The summed E-state index contributed by atoms with van der Waals surface area (Å²) >= 11 is 4.39. The predicted octanol–water partition coefficient (Wildman–Crippen LogP) is 5.85. The molecule has 1 nitrogen and oxygen atoms in total. The molecule has 0 aliphatic heterocycles. The Labute approximate surface area is 134 Å². The summed E-state index contributed by atoms with van der Waals surface area (Å²) in [5.41, 5.74) is 5.97. The highest BCUT2D eigenvalue weighted by atomic mass is 79.9. The van der Waals surface area contributed by atoms with E-state index in [4.69, 9.17) is 5.73 Å². The summed E-state index contributed by atoms with van der Waals surface area (Å²) in [5, 5.41) is 0. The third kappa shape index (κ3) is 3.67. The molecule has 1 unspecified atom stereocenters. The van der Waals surface area contributed by atoms with Crippen LogP contribution in [0.1, 0.15) is 30.3 Å². The molecule has 0 saturated heterocycles. The number of alkyl halides is 3. The van der Waals surface area contributed by atoms with E-state index >= 15 is 0 Å². The minimum absolute atomic E-state index is 0.0504. The predicted molar refractivity (Wildman–Crippen MR) is 84.2 cm³/mol. The van der Waals surface area contributed by atoms with Gasteiger partial charge in [0.05, 0.1) is 5.56 Å². The fourth-order valence-electron chi connectivity index (χ4n) is 1.91. The molecule has 21 heavy (non-hydrogen) atoms. The monoisotopic (exact) mass is 377 g/mol. The van der Waals surface area contributed by atoms with Crippen LogP contribution in [-0.2, 0) is 6.18 Å². The normalized spacial score (nSPS) is 13.7. The van der Waals surface area contributed by atoms with E-state index in [2.05, 4.69) is 15.9 Å². The molecular formula is C15H15BrF3NS. The van der Waals surface area contributed by atoms with Crippen molar-refractivity contribution in [3.05, 3.63) is 45.2 Å². The molecular weight excluding hydrogens is 363 g/mol. The highest BCUT2D eigenvalue weighted by molar-refractivity contribution is 9.10. The van der Waals surface area contributed by atoms with Gasteiger partial charge in [0.2, 0.25) is 0 Å². The fraction of sp³-hybridized carbons (Fsp3) is 0.333. The fourth-order valence-corrected chi connectivity index (χ4v) is 3.56. The largest absolute Gasteiger partial charge is 0.417 e. The maximum atomic E-state index is 12.9. The first-order chi connectivity index (χ1) is 9.70. The number of benzene rings is 1. The van der Waals surface area contributed by atoms with Gasteiger partial charge in [-0.3, -0.25) is 0 Å². The van der Waals surface area contributed by atoms with E-state index in [9.17, 15) is 13.2 Å². The van der Waals surface area contributed by atoms with E-state index in [-0.39, 0.29) is 16.4 Å². The van der Waals surface area contributed by atoms with Crippen LogP contribution < -0.4 is 5.73 Å². The molecule has 0 amide bonds. The van der Waals surface area contributed by atoms with Crippen LogP contribution in [0.3, 0.4) is 0 Å². The van der Waals surface area contributed by atoms with Gasteiger partial charge in [-0.15, -0.1) is 11.3 Å². The zero-order valence-electron chi connectivity index (χ0n) is 11.5. The van der Waals surface area contributed by atoms with Crippen LogP contribution >= 0.6 is 27.3 Å². The van der Waals surface area contributed by atoms with Crippen molar-refractivity contribution in [1.82, 2.24) is 0 Å². The average Bonchev–Trinajstić information content (AvgIpc) is 2.86. The van der Waals surface area contributed by atoms with Crippen LogP contribution in [0.25, 0.3) is 10.4 Å². The number of nitrogens with two attached hydrogens (primary N) is 1. The molecule has 0 radical (unpaired) electrons. The summed E-state index contributed by atoms with van der Waals surface area (Å²) < 4.78 is 38.9. The molecule has 0 spiro atoms. The van der Waals surface area contributed by atoms with Gasteiger partial charge in [-0.2, -0.15) is 13.2 Å². The summed E-state index contributed by atoms with van der Waals surface area (Å²) in [4.78, 5) is 1.77. The number of halogens is 4. The molecule has 2 N–H and O–H groups in total. The van der Waals surface area contributed by atoms with Crippen LogP contribution in [0.5, 0.6) is 0 Å². The third-order valence-electron chi connectivity index (χ3n) is 3.23. The molecule has 0 saturated carbocycles. The Balaban J connectivity index is 2.40. The molecule has 0 bridgehead atoms. The van der Waals surface area contributed by atoms with Gasteiger partial charge in [-0.1, -0.05) is 35.8 Å². The van der Waals surface area contributed by atoms with Gasteiger partial charge in [0.25, 0.3) is 0 Å². The van der Waals surface area contributed by atoms with Crippen molar-refractivity contribution in [1.29, 1.82) is 0 Å². The van der Waals surface area contributed by atoms with E-state index in [0.717, 1.165) is 9.75 Å². The van der Waals surface area contributed by atoms with E-state index < -0.39 is 11.7 Å². The molecule has 114 valence electrons. The van der Waals surface area contributed by atoms with Crippen molar-refractivity contribution in [3.8, 4) is 10.4 Å². The van der Waals surface area contributed by atoms with Crippen molar-refractivity contribution in [3.63, 3.8) is 0 Å². The molecule has 0 fully saturated rings. The van der Waals surface area contributed by atoms with Crippen LogP contribution in [0.15, 0.2) is 34.8 Å². The zero-order chi connectivity index (χ0) is 15.8. The van der Waals surface area contributed by atoms with Crippen LogP contribution in [-0.4, -0.2) is 0 Å². The van der Waals surface area contributed by atoms with Gasteiger partial charge in [0, 0.05) is 20.3 Å². The summed E-state index contributed by atoms with van der Waals surface area (Å²) in [7, 11) is 0. The molecule has 1 heterocycles. The van der Waals surface area contributed by atoms with E-state index in [1.165, 1.54) is 23.5 Å². The molecule has 2 rings (SSSR count). The van der Waals surface area contributed by atoms with Gasteiger partial charge < -0.3 is 5.73 Å². The number of thiophene rings is 1. The number of rotatable bonds is 3. The van der Waals surface area contributed by atoms with Crippen LogP contribution in [0, 0.1) is 5.92 Å². The lowest BCUT2D eigenvalue weighted by Gasteiger charge is -2.13. The summed E-state index contributed by atoms with van der Waals surface area (Å²) in [6.45, 7) is 4.04. The molecule has 6 heteroatoms. The minimum Gasteiger partial charge on any atom is -0.323 e. The Morgan fingerprint density at radius 3 is 2.38 bits per heavy atom. The second kappa shape index (κ2) is 6.10. The van der Waals surface area contributed by atoms with Gasteiger partial charge in [-0.05, 0) is 35.7 Å². The lowest BCUT2D eigenvalue weighted by Crippen LogP contribution is -2.14. The lowest BCUT2D eigenvalue weighted by atomic mass is 10.0. The summed E-state index contributed by atoms with van der Waals surface area (Å²) in [5.74, 6) is 0.284. The van der Waals surface area contributed by atoms with Crippen molar-refractivity contribution in [2.75, 3.05) is 0 Å². The quantitative estimate of drug-likeness (QED) is 0.712. The molecule has 2 aromatic rings. The third-order valence-corrected chi connectivity index (χ3v) is 5.16. The van der Waals surface area contributed by atoms with Crippen molar-refractivity contribution in [2.45, 2.75) is 26.1 Å². The van der Waals surface area contributed by atoms with Gasteiger partial charge >= 0.3 is 6.18 Å². The van der Waals surface area contributed by atoms with Crippen molar-refractivity contribution in [2.24, 2.45) is 11.7 Å². The van der Waals surface area contributed by atoms with E-state index in [1.54, 1.807) is 6.07 Å². The Bertz CT molecular complexity index is 634. The van der Waals surface area contributed by atoms with Gasteiger partial charge in [0.15, 0.2) is 0 Å². The Morgan fingerprint density at radius 2 is 1.81 bits per heavy atom. The number of hydrogen-bond donors (Lipinski definition) is 1. The molecule has 0 aliphatic carbocycles. The summed E-state index contributed by atoms with van der Waals surface area (Å²) in [6, 6.07) is 7.89. The van der Waals surface area contributed by atoms with Crippen molar-refractivity contribution >= 4 is 27.3 Å². The molecule has 1 aromatic heterocycles. The molecule has 0 aliphatic rings. The zero-order valence-corrected chi connectivity index (χ0v) is 13.9. The Kier molecular flexibility index (Phi) is 4.80. The molecule has 1 aromatic carbocycles. The Morgan fingerprint density at radius 1 is 1.14 bits per heavy atom. The number of hydrogen-bond acceptors (Lipinski definition) is 2. The average molecular weight is 378 g/mol. The van der Waals surface area contributed by atoms with Crippen molar-refractivity contribution < 1.29 is 13.2 Å². The first kappa shape index (κ1) is 16.5. The first-order valence-corrected chi connectivity index (χ1v) is 8.03. The second-order valence-corrected chi connectivity index (χ2v) is 7.13. The minimum atomic E-state index is -4.37. The standard InChI is InChI=1S/C15H15BrF3NS/c1-8(2)14(20)13-6-5-12(21-13)9-3-4-11(16)10(7-9)15(17,18)19/h3-8,14H,20H2,1-2H3. The second-order valence-electron chi connectivity index (χ2n) is 5.16. The smallest absolute Gasteiger partial charge is 0.323 e. The highest BCUT2D eigenvalue weighted by Gasteiger charge is 2.33. The van der Waals surface area contributed by atoms with Gasteiger partial charge in [-0.25, -0.2) is 0 Å². The topological polar surface area (TPSA) is 26.0 Å². The maximum absolute atomic E-state index is 12.9. The Hall–Kier alpha value is -0.850. The summed E-state index contributed by atoms with van der Waals surface area (Å²) in [6.07, 6.45) is -4.37. The van der Waals surface area contributed by atoms with E-state index in [0.29, 0.717) is 5.56 Å². The maximum Gasteiger partial charge on any atom is 0.417 e. The van der Waals surface area contributed by atoms with Crippen LogP contribution in [0.4, 0.5) is 13.2 Å². The lowest BCUT2D eigenvalue weighted by molar-refractivity contribution is -0.138. The SMILES string of the molecule is CC(C)C(N)c1ccc(-c2ccc(Br)c(C(F)(F)F)c2)s1. The van der Waals surface area contributed by atoms with E-state index in [1.807, 2.05) is 26.0 Å². The highest BCUT2D eigenvalue weighted by Crippen LogP contribution is 2.39.